The number of carbonyl (C=O) groups excluding carboxylic acids is 1. The SMILES string of the molecule is O=C(CCCc1nnc(SCc2cccc(Cl)c2)n1-c1cccc(Cl)c1)NCC1CCCO1. The number of halogens is 2. The van der Waals surface area contributed by atoms with Crippen LogP contribution in [0.3, 0.4) is 0 Å². The number of nitrogens with zero attached hydrogens (tertiary/aromatic N) is 3. The molecule has 2 aromatic carbocycles. The Morgan fingerprint density at radius 2 is 1.97 bits per heavy atom. The van der Waals surface area contributed by atoms with E-state index in [0.717, 1.165) is 41.7 Å². The number of thioether (sulfide) groups is 1. The van der Waals surface area contributed by atoms with E-state index >= 15 is 0 Å². The number of hydrogen-bond donors (Lipinski definition) is 1. The third-order valence-electron chi connectivity index (χ3n) is 5.38. The molecule has 1 aliphatic rings. The van der Waals surface area contributed by atoms with Gasteiger partial charge in [-0.2, -0.15) is 0 Å². The average Bonchev–Trinajstić information content (AvgIpc) is 3.46. The molecule has 1 aliphatic heterocycles. The van der Waals surface area contributed by atoms with Gasteiger partial charge in [0.15, 0.2) is 5.16 Å². The average molecular weight is 505 g/mol. The van der Waals surface area contributed by atoms with Crippen LogP contribution in [0.25, 0.3) is 5.69 Å². The van der Waals surface area contributed by atoms with E-state index in [-0.39, 0.29) is 12.0 Å². The lowest BCUT2D eigenvalue weighted by Gasteiger charge is -2.12. The lowest BCUT2D eigenvalue weighted by atomic mass is 10.2. The van der Waals surface area contributed by atoms with Crippen molar-refractivity contribution in [2.75, 3.05) is 13.2 Å². The third-order valence-corrected chi connectivity index (χ3v) is 6.85. The van der Waals surface area contributed by atoms with Crippen LogP contribution in [0, 0.1) is 0 Å². The first-order valence-electron chi connectivity index (χ1n) is 11.0. The van der Waals surface area contributed by atoms with Crippen LogP contribution in [0.15, 0.2) is 53.7 Å². The number of nitrogens with one attached hydrogen (secondary N) is 1. The van der Waals surface area contributed by atoms with E-state index in [1.165, 1.54) is 0 Å². The topological polar surface area (TPSA) is 69.0 Å². The van der Waals surface area contributed by atoms with E-state index < -0.39 is 0 Å². The number of hydrogen-bond acceptors (Lipinski definition) is 5. The fourth-order valence-corrected chi connectivity index (χ4v) is 5.04. The standard InChI is InChI=1S/C24H26Cl2N4O2S/c25-18-6-1-5-17(13-18)16-33-24-29-28-22(30(24)20-8-2-7-19(26)14-20)10-3-11-23(31)27-15-21-9-4-12-32-21/h1-2,5-8,13-14,21H,3-4,9-12,15-16H2,(H,27,31). The fraction of sp³-hybridized carbons (Fsp3) is 0.375. The van der Waals surface area contributed by atoms with E-state index in [1.54, 1.807) is 11.8 Å². The van der Waals surface area contributed by atoms with Crippen molar-refractivity contribution in [2.24, 2.45) is 0 Å². The number of aryl methyl sites for hydroxylation is 1. The molecule has 1 unspecified atom stereocenters. The second kappa shape index (κ2) is 11.9. The highest BCUT2D eigenvalue weighted by Gasteiger charge is 2.18. The zero-order chi connectivity index (χ0) is 23.0. The van der Waals surface area contributed by atoms with Crippen molar-refractivity contribution >= 4 is 40.9 Å². The molecule has 33 heavy (non-hydrogen) atoms. The van der Waals surface area contributed by atoms with Gasteiger partial charge < -0.3 is 10.1 Å². The molecule has 1 atom stereocenters. The van der Waals surface area contributed by atoms with E-state index in [1.807, 2.05) is 53.1 Å². The predicted octanol–water partition coefficient (Wildman–Crippen LogP) is 5.48. The number of rotatable bonds is 10. The van der Waals surface area contributed by atoms with Gasteiger partial charge in [-0.1, -0.05) is 53.2 Å². The summed E-state index contributed by atoms with van der Waals surface area (Å²) in [5.74, 6) is 1.55. The molecule has 1 saturated heterocycles. The molecular weight excluding hydrogens is 479 g/mol. The summed E-state index contributed by atoms with van der Waals surface area (Å²) >= 11 is 14.0. The highest BCUT2D eigenvalue weighted by Crippen LogP contribution is 2.28. The Morgan fingerprint density at radius 1 is 1.15 bits per heavy atom. The van der Waals surface area contributed by atoms with Crippen LogP contribution >= 0.6 is 35.0 Å². The molecule has 1 amide bonds. The molecule has 0 radical (unpaired) electrons. The normalized spacial score (nSPS) is 15.6. The number of aromatic nitrogens is 3. The van der Waals surface area contributed by atoms with Crippen LogP contribution in [0.2, 0.25) is 10.0 Å². The maximum atomic E-state index is 12.2. The Balaban J connectivity index is 1.41. The maximum Gasteiger partial charge on any atom is 0.220 e. The van der Waals surface area contributed by atoms with Gasteiger partial charge in [-0.05, 0) is 55.2 Å². The van der Waals surface area contributed by atoms with E-state index in [0.29, 0.717) is 41.6 Å². The van der Waals surface area contributed by atoms with Gasteiger partial charge in [-0.25, -0.2) is 0 Å². The van der Waals surface area contributed by atoms with Gasteiger partial charge in [-0.3, -0.25) is 9.36 Å². The second-order valence-corrected chi connectivity index (χ2v) is 9.74. The summed E-state index contributed by atoms with van der Waals surface area (Å²) in [6.07, 6.45) is 3.97. The molecule has 0 aliphatic carbocycles. The molecule has 174 valence electrons. The van der Waals surface area contributed by atoms with Gasteiger partial charge in [0.1, 0.15) is 5.82 Å². The number of carbonyl (C=O) groups is 1. The summed E-state index contributed by atoms with van der Waals surface area (Å²) in [6.45, 7) is 1.37. The summed E-state index contributed by atoms with van der Waals surface area (Å²) in [7, 11) is 0. The number of amides is 1. The minimum atomic E-state index is 0.0369. The van der Waals surface area contributed by atoms with Gasteiger partial charge in [0.05, 0.1) is 11.8 Å². The van der Waals surface area contributed by atoms with Crippen molar-refractivity contribution in [3.05, 3.63) is 70.0 Å². The monoisotopic (exact) mass is 504 g/mol. The molecular formula is C24H26Cl2N4O2S. The predicted molar refractivity (Wildman–Crippen MR) is 132 cm³/mol. The Labute approximate surface area is 208 Å². The second-order valence-electron chi connectivity index (χ2n) is 7.93. The quantitative estimate of drug-likeness (QED) is 0.370. The van der Waals surface area contributed by atoms with Gasteiger partial charge in [-0.15, -0.1) is 10.2 Å². The number of benzene rings is 2. The molecule has 1 N–H and O–H groups in total. The van der Waals surface area contributed by atoms with Crippen LogP contribution in [-0.4, -0.2) is 39.9 Å². The van der Waals surface area contributed by atoms with Crippen molar-refractivity contribution in [3.63, 3.8) is 0 Å². The van der Waals surface area contributed by atoms with Gasteiger partial charge in [0, 0.05) is 41.8 Å². The minimum Gasteiger partial charge on any atom is -0.376 e. The maximum absolute atomic E-state index is 12.2. The van der Waals surface area contributed by atoms with Crippen LogP contribution < -0.4 is 5.32 Å². The molecule has 9 heteroatoms. The van der Waals surface area contributed by atoms with Crippen molar-refractivity contribution in [1.82, 2.24) is 20.1 Å². The van der Waals surface area contributed by atoms with Crippen LogP contribution in [0.4, 0.5) is 0 Å². The summed E-state index contributed by atoms with van der Waals surface area (Å²) < 4.78 is 7.58. The highest BCUT2D eigenvalue weighted by molar-refractivity contribution is 7.98. The molecule has 0 spiro atoms. The zero-order valence-electron chi connectivity index (χ0n) is 18.2. The molecule has 1 fully saturated rings. The van der Waals surface area contributed by atoms with Crippen molar-refractivity contribution in [3.8, 4) is 5.69 Å². The lowest BCUT2D eigenvalue weighted by Crippen LogP contribution is -2.31. The molecule has 0 bridgehead atoms. The largest absolute Gasteiger partial charge is 0.376 e. The molecule has 2 heterocycles. The molecule has 0 saturated carbocycles. The van der Waals surface area contributed by atoms with Crippen LogP contribution in [0.1, 0.15) is 37.1 Å². The molecule has 3 aromatic rings. The van der Waals surface area contributed by atoms with Gasteiger partial charge in [0.25, 0.3) is 0 Å². The van der Waals surface area contributed by atoms with E-state index in [4.69, 9.17) is 27.9 Å². The molecule has 1 aromatic heterocycles. The molecule has 4 rings (SSSR count). The third kappa shape index (κ3) is 6.96. The van der Waals surface area contributed by atoms with Gasteiger partial charge >= 0.3 is 0 Å². The first-order valence-corrected chi connectivity index (χ1v) is 12.8. The summed E-state index contributed by atoms with van der Waals surface area (Å²) in [5.41, 5.74) is 2.01. The van der Waals surface area contributed by atoms with Crippen molar-refractivity contribution < 1.29 is 9.53 Å². The summed E-state index contributed by atoms with van der Waals surface area (Å²) in [4.78, 5) is 12.2. The first kappa shape index (κ1) is 24.1. The summed E-state index contributed by atoms with van der Waals surface area (Å²) in [5, 5.41) is 14.0. The molecule has 6 nitrogen and oxygen atoms in total. The van der Waals surface area contributed by atoms with Gasteiger partial charge in [0.2, 0.25) is 5.91 Å². The van der Waals surface area contributed by atoms with Crippen LogP contribution in [0.5, 0.6) is 0 Å². The fourth-order valence-electron chi connectivity index (χ4n) is 3.73. The number of ether oxygens (including phenoxy) is 1. The Morgan fingerprint density at radius 3 is 2.73 bits per heavy atom. The Kier molecular flexibility index (Phi) is 8.67. The van der Waals surface area contributed by atoms with Crippen molar-refractivity contribution in [2.45, 2.75) is 49.1 Å². The minimum absolute atomic E-state index is 0.0369. The Hall–Kier alpha value is -2.06. The zero-order valence-corrected chi connectivity index (χ0v) is 20.5. The smallest absolute Gasteiger partial charge is 0.220 e. The van der Waals surface area contributed by atoms with E-state index in [9.17, 15) is 4.79 Å². The van der Waals surface area contributed by atoms with E-state index in [2.05, 4.69) is 15.5 Å². The lowest BCUT2D eigenvalue weighted by molar-refractivity contribution is -0.121. The van der Waals surface area contributed by atoms with Crippen LogP contribution in [-0.2, 0) is 21.7 Å². The van der Waals surface area contributed by atoms with Crippen molar-refractivity contribution in [1.29, 1.82) is 0 Å². The summed E-state index contributed by atoms with van der Waals surface area (Å²) in [6, 6.07) is 15.4. The highest BCUT2D eigenvalue weighted by atomic mass is 35.5. The Bertz CT molecular complexity index is 1090. The first-order chi connectivity index (χ1) is 16.1.